The van der Waals surface area contributed by atoms with Crippen LogP contribution in [0.5, 0.6) is 0 Å². The lowest BCUT2D eigenvalue weighted by molar-refractivity contribution is 0.0958. The number of carbonyl (C=O) groups is 1. The molecule has 0 saturated carbocycles. The van der Waals surface area contributed by atoms with E-state index in [9.17, 15) is 4.79 Å². The van der Waals surface area contributed by atoms with E-state index in [1.165, 1.54) is 0 Å². The molecular formula is C11H12ClNO. The Hall–Kier alpha value is -1.28. The fourth-order valence-corrected chi connectivity index (χ4v) is 1.12. The number of nitrogens with one attached hydrogen (secondary N) is 1. The maximum atomic E-state index is 11.4. The third kappa shape index (κ3) is 3.62. The molecule has 0 aliphatic rings. The van der Waals surface area contributed by atoms with Gasteiger partial charge in [0, 0.05) is 18.0 Å². The van der Waals surface area contributed by atoms with Gasteiger partial charge in [0.1, 0.15) is 0 Å². The van der Waals surface area contributed by atoms with E-state index in [4.69, 9.17) is 11.6 Å². The molecular weight excluding hydrogens is 198 g/mol. The first kappa shape index (κ1) is 10.8. The Labute approximate surface area is 88.6 Å². The molecule has 0 bridgehead atoms. The van der Waals surface area contributed by atoms with Crippen molar-refractivity contribution >= 4 is 17.5 Å². The summed E-state index contributed by atoms with van der Waals surface area (Å²) >= 11 is 5.43. The van der Waals surface area contributed by atoms with Crippen molar-refractivity contribution in [3.05, 3.63) is 48.0 Å². The SMILES string of the molecule is O=C(NC/C=C\CCl)c1ccccc1. The molecule has 0 spiro atoms. The van der Waals surface area contributed by atoms with Crippen molar-refractivity contribution < 1.29 is 4.79 Å². The minimum Gasteiger partial charge on any atom is -0.349 e. The summed E-state index contributed by atoms with van der Waals surface area (Å²) in [6, 6.07) is 9.11. The number of hydrogen-bond acceptors (Lipinski definition) is 1. The van der Waals surface area contributed by atoms with E-state index in [1.807, 2.05) is 24.3 Å². The van der Waals surface area contributed by atoms with E-state index in [0.29, 0.717) is 18.0 Å². The van der Waals surface area contributed by atoms with Crippen LogP contribution in [0.3, 0.4) is 0 Å². The first-order chi connectivity index (χ1) is 6.84. The second kappa shape index (κ2) is 6.22. The van der Waals surface area contributed by atoms with Crippen LogP contribution in [0.2, 0.25) is 0 Å². The van der Waals surface area contributed by atoms with Crippen molar-refractivity contribution in [2.75, 3.05) is 12.4 Å². The zero-order valence-corrected chi connectivity index (χ0v) is 8.50. The van der Waals surface area contributed by atoms with Gasteiger partial charge in [-0.05, 0) is 12.1 Å². The largest absolute Gasteiger partial charge is 0.349 e. The van der Waals surface area contributed by atoms with Gasteiger partial charge in [-0.1, -0.05) is 30.4 Å². The van der Waals surface area contributed by atoms with Crippen LogP contribution in [0.1, 0.15) is 10.4 Å². The molecule has 1 amide bonds. The van der Waals surface area contributed by atoms with E-state index >= 15 is 0 Å². The van der Waals surface area contributed by atoms with Gasteiger partial charge in [0.15, 0.2) is 0 Å². The lowest BCUT2D eigenvalue weighted by atomic mass is 10.2. The minimum atomic E-state index is -0.0650. The molecule has 14 heavy (non-hydrogen) atoms. The van der Waals surface area contributed by atoms with Crippen LogP contribution >= 0.6 is 11.6 Å². The summed E-state index contributed by atoms with van der Waals surface area (Å²) in [5.41, 5.74) is 0.673. The summed E-state index contributed by atoms with van der Waals surface area (Å²) in [5, 5.41) is 2.75. The Morgan fingerprint density at radius 2 is 2.00 bits per heavy atom. The summed E-state index contributed by atoms with van der Waals surface area (Å²) in [6.45, 7) is 0.514. The molecule has 0 heterocycles. The van der Waals surface area contributed by atoms with Crippen LogP contribution in [0.4, 0.5) is 0 Å². The Morgan fingerprint density at radius 3 is 2.64 bits per heavy atom. The Kier molecular flexibility index (Phi) is 4.79. The number of carbonyl (C=O) groups excluding carboxylic acids is 1. The molecule has 0 radical (unpaired) electrons. The topological polar surface area (TPSA) is 29.1 Å². The standard InChI is InChI=1S/C11H12ClNO/c12-8-4-5-9-13-11(14)10-6-2-1-3-7-10/h1-7H,8-9H2,(H,13,14)/b5-4-. The molecule has 1 N–H and O–H groups in total. The predicted octanol–water partition coefficient (Wildman–Crippen LogP) is 2.21. The monoisotopic (exact) mass is 209 g/mol. The van der Waals surface area contributed by atoms with Crippen molar-refractivity contribution in [2.45, 2.75) is 0 Å². The number of hydrogen-bond donors (Lipinski definition) is 1. The number of alkyl halides is 1. The summed E-state index contributed by atoms with van der Waals surface area (Å²) in [7, 11) is 0. The van der Waals surface area contributed by atoms with Crippen molar-refractivity contribution in [1.82, 2.24) is 5.32 Å². The van der Waals surface area contributed by atoms with Crippen LogP contribution in [-0.2, 0) is 0 Å². The first-order valence-corrected chi connectivity index (χ1v) is 4.92. The van der Waals surface area contributed by atoms with Crippen LogP contribution in [0, 0.1) is 0 Å². The molecule has 0 unspecified atom stereocenters. The number of allylic oxidation sites excluding steroid dienone is 1. The molecule has 74 valence electrons. The fraction of sp³-hybridized carbons (Fsp3) is 0.182. The van der Waals surface area contributed by atoms with Crippen LogP contribution in [0.15, 0.2) is 42.5 Å². The second-order valence-corrected chi connectivity index (χ2v) is 3.01. The number of halogens is 1. The smallest absolute Gasteiger partial charge is 0.251 e. The predicted molar refractivity (Wildman–Crippen MR) is 58.6 cm³/mol. The Bertz CT molecular complexity index is 308. The van der Waals surface area contributed by atoms with Crippen LogP contribution in [0.25, 0.3) is 0 Å². The van der Waals surface area contributed by atoms with Crippen LogP contribution in [-0.4, -0.2) is 18.3 Å². The zero-order valence-electron chi connectivity index (χ0n) is 7.74. The summed E-state index contributed by atoms with van der Waals surface area (Å²) in [4.78, 5) is 11.4. The normalized spacial score (nSPS) is 10.4. The first-order valence-electron chi connectivity index (χ1n) is 4.39. The van der Waals surface area contributed by atoms with Gasteiger partial charge < -0.3 is 5.32 Å². The van der Waals surface area contributed by atoms with Gasteiger partial charge in [-0.2, -0.15) is 0 Å². The Balaban J connectivity index is 2.40. The Morgan fingerprint density at radius 1 is 1.29 bits per heavy atom. The molecule has 1 rings (SSSR count). The van der Waals surface area contributed by atoms with Crippen LogP contribution < -0.4 is 5.32 Å². The van der Waals surface area contributed by atoms with E-state index < -0.39 is 0 Å². The summed E-state index contributed by atoms with van der Waals surface area (Å²) < 4.78 is 0. The van der Waals surface area contributed by atoms with Gasteiger partial charge in [0.25, 0.3) is 5.91 Å². The van der Waals surface area contributed by atoms with Gasteiger partial charge in [0.05, 0.1) is 0 Å². The van der Waals surface area contributed by atoms with E-state index in [0.717, 1.165) is 0 Å². The molecule has 0 saturated heterocycles. The van der Waals surface area contributed by atoms with Gasteiger partial charge >= 0.3 is 0 Å². The van der Waals surface area contributed by atoms with Crippen molar-refractivity contribution in [2.24, 2.45) is 0 Å². The quantitative estimate of drug-likeness (QED) is 0.598. The lowest BCUT2D eigenvalue weighted by Gasteiger charge is -2.00. The molecule has 0 aliphatic heterocycles. The average molecular weight is 210 g/mol. The molecule has 0 aromatic heterocycles. The molecule has 0 atom stereocenters. The number of amides is 1. The third-order valence-corrected chi connectivity index (χ3v) is 1.85. The van der Waals surface area contributed by atoms with Crippen molar-refractivity contribution in [3.8, 4) is 0 Å². The van der Waals surface area contributed by atoms with E-state index in [-0.39, 0.29) is 5.91 Å². The molecule has 1 aromatic rings. The molecule has 3 heteroatoms. The highest BCUT2D eigenvalue weighted by Gasteiger charge is 2.00. The lowest BCUT2D eigenvalue weighted by Crippen LogP contribution is -2.23. The van der Waals surface area contributed by atoms with E-state index in [2.05, 4.69) is 5.32 Å². The maximum Gasteiger partial charge on any atom is 0.251 e. The number of rotatable bonds is 4. The molecule has 0 aliphatic carbocycles. The average Bonchev–Trinajstić information content (AvgIpc) is 2.25. The highest BCUT2D eigenvalue weighted by molar-refractivity contribution is 6.18. The maximum absolute atomic E-state index is 11.4. The highest BCUT2D eigenvalue weighted by Crippen LogP contribution is 1.97. The van der Waals surface area contributed by atoms with Gasteiger partial charge in [-0.15, -0.1) is 11.6 Å². The molecule has 1 aromatic carbocycles. The minimum absolute atomic E-state index is 0.0650. The third-order valence-electron chi connectivity index (χ3n) is 1.67. The van der Waals surface area contributed by atoms with Gasteiger partial charge in [-0.3, -0.25) is 4.79 Å². The highest BCUT2D eigenvalue weighted by atomic mass is 35.5. The fourth-order valence-electron chi connectivity index (χ4n) is 0.990. The van der Waals surface area contributed by atoms with Crippen molar-refractivity contribution in [1.29, 1.82) is 0 Å². The van der Waals surface area contributed by atoms with E-state index in [1.54, 1.807) is 18.2 Å². The van der Waals surface area contributed by atoms with Gasteiger partial charge in [0.2, 0.25) is 0 Å². The molecule has 2 nitrogen and oxygen atoms in total. The molecule has 0 fully saturated rings. The van der Waals surface area contributed by atoms with Gasteiger partial charge in [-0.25, -0.2) is 0 Å². The summed E-state index contributed by atoms with van der Waals surface area (Å²) in [5.74, 6) is 0.408. The number of benzene rings is 1. The zero-order chi connectivity index (χ0) is 10.2. The van der Waals surface area contributed by atoms with Crippen molar-refractivity contribution in [3.63, 3.8) is 0 Å². The summed E-state index contributed by atoms with van der Waals surface area (Å²) in [6.07, 6.45) is 3.63. The second-order valence-electron chi connectivity index (χ2n) is 2.70.